The van der Waals surface area contributed by atoms with Crippen LogP contribution in [0.25, 0.3) is 0 Å². The Balaban J connectivity index is 3.32. The van der Waals surface area contributed by atoms with E-state index >= 15 is 0 Å². The second-order valence-electron chi connectivity index (χ2n) is 1.81. The molecule has 1 rings (SSSR count). The molecule has 1 N–H and O–H groups in total. The fourth-order valence-electron chi connectivity index (χ4n) is 0.691. The van der Waals surface area contributed by atoms with Crippen LogP contribution in [-0.2, 0) is 0 Å². The van der Waals surface area contributed by atoms with Gasteiger partial charge in [0.2, 0.25) is 0 Å². The summed E-state index contributed by atoms with van der Waals surface area (Å²) in [6.07, 6.45) is 0. The minimum atomic E-state index is 0.143. The summed E-state index contributed by atoms with van der Waals surface area (Å²) in [6.45, 7) is 0. The summed E-state index contributed by atoms with van der Waals surface area (Å²) in [5.74, 6) is 0. The van der Waals surface area contributed by atoms with E-state index in [0.717, 1.165) is 0 Å². The highest BCUT2D eigenvalue weighted by Crippen LogP contribution is 2.06. The van der Waals surface area contributed by atoms with Gasteiger partial charge >= 0.3 is 0 Å². The molecule has 0 aliphatic heterocycles. The molecule has 0 radical (unpaired) electrons. The monoisotopic (exact) mass is 142 g/mol. The van der Waals surface area contributed by atoms with Crippen molar-refractivity contribution in [3.8, 4) is 18.2 Å². The molecule has 0 saturated heterocycles. The van der Waals surface area contributed by atoms with Gasteiger partial charge in [0.1, 0.15) is 29.6 Å². The number of H-pyrrole nitrogens is 1. The van der Waals surface area contributed by atoms with Gasteiger partial charge in [-0.15, -0.1) is 0 Å². The summed E-state index contributed by atoms with van der Waals surface area (Å²) in [7, 11) is 0. The molecule has 1 heterocycles. The smallest absolute Gasteiger partial charge is 0.136 e. The van der Waals surface area contributed by atoms with E-state index in [2.05, 4.69) is 4.98 Å². The Bertz CT molecular complexity index is 362. The predicted octanol–water partition coefficient (Wildman–Crippen LogP) is 0.630. The molecule has 4 heteroatoms. The van der Waals surface area contributed by atoms with E-state index < -0.39 is 0 Å². The van der Waals surface area contributed by atoms with Gasteiger partial charge in [-0.05, 0) is 6.07 Å². The minimum absolute atomic E-state index is 0.143. The molecule has 4 nitrogen and oxygen atoms in total. The van der Waals surface area contributed by atoms with Crippen LogP contribution in [0.3, 0.4) is 0 Å². The zero-order valence-corrected chi connectivity index (χ0v) is 5.42. The van der Waals surface area contributed by atoms with Gasteiger partial charge in [-0.3, -0.25) is 0 Å². The lowest BCUT2D eigenvalue weighted by Crippen LogP contribution is -1.76. The molecule has 0 spiro atoms. The maximum Gasteiger partial charge on any atom is 0.136 e. The van der Waals surface area contributed by atoms with Gasteiger partial charge in [0.25, 0.3) is 0 Å². The molecule has 1 aromatic rings. The molecule has 0 fully saturated rings. The van der Waals surface area contributed by atoms with Crippen molar-refractivity contribution < 1.29 is 0 Å². The van der Waals surface area contributed by atoms with E-state index in [1.165, 1.54) is 6.07 Å². The van der Waals surface area contributed by atoms with E-state index in [1.54, 1.807) is 18.2 Å². The maximum atomic E-state index is 8.43. The van der Waals surface area contributed by atoms with Gasteiger partial charge in [0.15, 0.2) is 0 Å². The summed E-state index contributed by atoms with van der Waals surface area (Å²) < 4.78 is 0. The van der Waals surface area contributed by atoms with E-state index in [1.807, 2.05) is 0 Å². The second kappa shape index (κ2) is 2.56. The van der Waals surface area contributed by atoms with Crippen LogP contribution in [-0.4, -0.2) is 4.98 Å². The molecule has 0 saturated carbocycles. The van der Waals surface area contributed by atoms with E-state index in [-0.39, 0.29) is 17.0 Å². The number of nitrogens with zero attached hydrogens (tertiary/aromatic N) is 3. The molecule has 1 aromatic heterocycles. The first-order valence-corrected chi connectivity index (χ1v) is 2.75. The number of nitrogens with one attached hydrogen (secondary N) is 1. The first kappa shape index (κ1) is 6.86. The quantitative estimate of drug-likeness (QED) is 0.576. The first-order chi connectivity index (χ1) is 5.31. The molecule has 0 bridgehead atoms. The minimum Gasteiger partial charge on any atom is -0.337 e. The fourth-order valence-corrected chi connectivity index (χ4v) is 0.691. The second-order valence-corrected chi connectivity index (χ2v) is 1.81. The Hall–Kier alpha value is -2.25. The van der Waals surface area contributed by atoms with Crippen LogP contribution in [0.5, 0.6) is 0 Å². The number of aromatic amines is 1. The molecule has 0 atom stereocenters. The van der Waals surface area contributed by atoms with Crippen LogP contribution in [0.4, 0.5) is 0 Å². The molecule has 50 valence electrons. The average Bonchev–Trinajstić information content (AvgIpc) is 2.46. The summed E-state index contributed by atoms with van der Waals surface area (Å²) in [5.41, 5.74) is 0.589. The van der Waals surface area contributed by atoms with Gasteiger partial charge in [-0.25, -0.2) is 0 Å². The Morgan fingerprint density at radius 3 is 2.18 bits per heavy atom. The van der Waals surface area contributed by atoms with Crippen LogP contribution in [0, 0.1) is 34.0 Å². The standard InChI is InChI=1S/C7H2N4/c8-2-5-1-6(3-9)11-7(5)4-10/h1,11H. The zero-order valence-electron chi connectivity index (χ0n) is 5.42. The summed E-state index contributed by atoms with van der Waals surface area (Å²) in [6, 6.07) is 6.71. The molecule has 0 aliphatic carbocycles. The number of rotatable bonds is 0. The Morgan fingerprint density at radius 1 is 1.09 bits per heavy atom. The van der Waals surface area contributed by atoms with E-state index in [0.29, 0.717) is 0 Å². The summed E-state index contributed by atoms with van der Waals surface area (Å²) in [4.78, 5) is 2.49. The van der Waals surface area contributed by atoms with Crippen molar-refractivity contribution in [2.75, 3.05) is 0 Å². The highest BCUT2D eigenvalue weighted by atomic mass is 14.7. The largest absolute Gasteiger partial charge is 0.337 e. The molecule has 11 heavy (non-hydrogen) atoms. The molecular formula is C7H2N4. The molecule has 0 aliphatic rings. The number of hydrogen-bond donors (Lipinski definition) is 1. The molecule has 0 unspecified atom stereocenters. The highest BCUT2D eigenvalue weighted by Gasteiger charge is 2.04. The zero-order chi connectivity index (χ0) is 8.27. The van der Waals surface area contributed by atoms with Gasteiger partial charge < -0.3 is 4.98 Å². The SMILES string of the molecule is N#Cc1cc(C#N)c(C#N)[nH]1. The summed E-state index contributed by atoms with van der Waals surface area (Å²) >= 11 is 0. The lowest BCUT2D eigenvalue weighted by Gasteiger charge is -1.76. The van der Waals surface area contributed by atoms with Gasteiger partial charge in [-0.1, -0.05) is 0 Å². The van der Waals surface area contributed by atoms with Crippen molar-refractivity contribution >= 4 is 0 Å². The Morgan fingerprint density at radius 2 is 1.82 bits per heavy atom. The predicted molar refractivity (Wildman–Crippen MR) is 34.9 cm³/mol. The van der Waals surface area contributed by atoms with Gasteiger partial charge in [-0.2, -0.15) is 15.8 Å². The third-order valence-corrected chi connectivity index (χ3v) is 1.17. The molecule has 0 aromatic carbocycles. The van der Waals surface area contributed by atoms with Crippen LogP contribution >= 0.6 is 0 Å². The maximum absolute atomic E-state index is 8.43. The first-order valence-electron chi connectivity index (χ1n) is 2.75. The van der Waals surface area contributed by atoms with Gasteiger partial charge in [0.05, 0.1) is 5.56 Å². The van der Waals surface area contributed by atoms with Crippen molar-refractivity contribution in [3.05, 3.63) is 23.0 Å². The normalized spacial score (nSPS) is 7.73. The topological polar surface area (TPSA) is 87.2 Å². The van der Waals surface area contributed by atoms with Crippen LogP contribution in [0.15, 0.2) is 6.07 Å². The lowest BCUT2D eigenvalue weighted by atomic mass is 10.3. The number of hydrogen-bond acceptors (Lipinski definition) is 3. The fraction of sp³-hybridized carbons (Fsp3) is 0. The Labute approximate surface area is 62.9 Å². The third-order valence-electron chi connectivity index (χ3n) is 1.17. The summed E-state index contributed by atoms with van der Waals surface area (Å²) in [5, 5.41) is 25.2. The van der Waals surface area contributed by atoms with Crippen LogP contribution < -0.4 is 0 Å². The Kier molecular flexibility index (Phi) is 1.60. The van der Waals surface area contributed by atoms with Crippen LogP contribution in [0.2, 0.25) is 0 Å². The van der Waals surface area contributed by atoms with E-state index in [4.69, 9.17) is 15.8 Å². The van der Waals surface area contributed by atoms with E-state index in [9.17, 15) is 0 Å². The lowest BCUT2D eigenvalue weighted by molar-refractivity contribution is 1.28. The third kappa shape index (κ3) is 1.03. The highest BCUT2D eigenvalue weighted by molar-refractivity contribution is 5.46. The average molecular weight is 142 g/mol. The van der Waals surface area contributed by atoms with Crippen molar-refractivity contribution in [2.24, 2.45) is 0 Å². The molecular weight excluding hydrogens is 140 g/mol. The number of aromatic nitrogens is 1. The van der Waals surface area contributed by atoms with Crippen molar-refractivity contribution in [3.63, 3.8) is 0 Å². The number of nitriles is 3. The van der Waals surface area contributed by atoms with Crippen molar-refractivity contribution in [1.82, 2.24) is 4.98 Å². The van der Waals surface area contributed by atoms with Crippen molar-refractivity contribution in [1.29, 1.82) is 15.8 Å². The van der Waals surface area contributed by atoms with Crippen LogP contribution in [0.1, 0.15) is 17.0 Å². The van der Waals surface area contributed by atoms with Crippen molar-refractivity contribution in [2.45, 2.75) is 0 Å². The van der Waals surface area contributed by atoms with Gasteiger partial charge in [0, 0.05) is 0 Å². The molecule has 0 amide bonds.